The van der Waals surface area contributed by atoms with Crippen molar-refractivity contribution in [1.29, 1.82) is 0 Å². The van der Waals surface area contributed by atoms with Gasteiger partial charge in [0.05, 0.1) is 0 Å². The zero-order chi connectivity index (χ0) is 29.1. The number of carbonyl (C=O) groups excluding carboxylic acids is 3. The van der Waals surface area contributed by atoms with Gasteiger partial charge in [-0.05, 0) is 62.5 Å². The minimum atomic E-state index is -0.883. The number of aromatic hydroxyl groups is 2. The quantitative estimate of drug-likeness (QED) is 0.351. The summed E-state index contributed by atoms with van der Waals surface area (Å²) in [6, 6.07) is 15.7. The topological polar surface area (TPSA) is 124 Å². The number of rotatable bonds is 9. The van der Waals surface area contributed by atoms with Crippen LogP contribution in [0.25, 0.3) is 0 Å². The maximum Gasteiger partial charge on any atom is 0.236 e. The zero-order valence-electron chi connectivity index (χ0n) is 22.8. The van der Waals surface area contributed by atoms with Crippen LogP contribution in [0, 0.1) is 24.6 Å². The molecule has 3 aromatic carbocycles. The fourth-order valence-electron chi connectivity index (χ4n) is 5.73. The molecule has 1 unspecified atom stereocenters. The Morgan fingerprint density at radius 1 is 0.925 bits per heavy atom. The van der Waals surface area contributed by atoms with Crippen molar-refractivity contribution in [3.63, 3.8) is 0 Å². The first-order chi connectivity index (χ1) is 19.0. The van der Waals surface area contributed by atoms with E-state index in [9.17, 15) is 29.0 Å². The molecular formula is C31H34FN3O5. The first kappa shape index (κ1) is 28.9. The van der Waals surface area contributed by atoms with Crippen LogP contribution in [0.5, 0.6) is 11.5 Å². The van der Waals surface area contributed by atoms with Crippen LogP contribution in [-0.4, -0.2) is 77.3 Å². The molecule has 210 valence electrons. The lowest BCUT2D eigenvalue weighted by Gasteiger charge is -2.46. The Morgan fingerprint density at radius 3 is 1.88 bits per heavy atom. The number of piperidine rings is 1. The van der Waals surface area contributed by atoms with Crippen molar-refractivity contribution in [2.45, 2.75) is 18.9 Å². The van der Waals surface area contributed by atoms with Gasteiger partial charge in [0.25, 0.3) is 0 Å². The highest BCUT2D eigenvalue weighted by molar-refractivity contribution is 6.02. The minimum Gasteiger partial charge on any atom is -0.508 e. The Bertz CT molecular complexity index is 1360. The van der Waals surface area contributed by atoms with Gasteiger partial charge in [-0.15, -0.1) is 0 Å². The van der Waals surface area contributed by atoms with Gasteiger partial charge in [-0.2, -0.15) is 0 Å². The van der Waals surface area contributed by atoms with Crippen LogP contribution in [0.1, 0.15) is 37.8 Å². The average molecular weight is 548 g/mol. The van der Waals surface area contributed by atoms with Gasteiger partial charge in [-0.25, -0.2) is 4.39 Å². The normalized spacial score (nSPS) is 18.9. The van der Waals surface area contributed by atoms with Crippen molar-refractivity contribution in [3.8, 4) is 11.5 Å². The van der Waals surface area contributed by atoms with Gasteiger partial charge < -0.3 is 20.8 Å². The second kappa shape index (κ2) is 12.0. The van der Waals surface area contributed by atoms with Gasteiger partial charge >= 0.3 is 0 Å². The van der Waals surface area contributed by atoms with Gasteiger partial charge in [0.15, 0.2) is 11.6 Å². The molecule has 1 saturated heterocycles. The molecule has 1 heterocycles. The summed E-state index contributed by atoms with van der Waals surface area (Å²) in [5, 5.41) is 20.2. The Hall–Kier alpha value is -4.08. The Morgan fingerprint density at radius 2 is 1.43 bits per heavy atom. The number of halogens is 1. The van der Waals surface area contributed by atoms with E-state index in [0.29, 0.717) is 11.1 Å². The molecule has 1 amide bonds. The Kier molecular flexibility index (Phi) is 8.66. The number of phenolic OH excluding ortho intramolecular Hbond substituents is 2. The molecule has 8 nitrogen and oxygen atoms in total. The summed E-state index contributed by atoms with van der Waals surface area (Å²) in [4.78, 5) is 44.5. The van der Waals surface area contributed by atoms with Crippen LogP contribution in [-0.2, 0) is 4.79 Å². The smallest absolute Gasteiger partial charge is 0.236 e. The van der Waals surface area contributed by atoms with Gasteiger partial charge in [0, 0.05) is 48.5 Å². The highest BCUT2D eigenvalue weighted by Gasteiger charge is 2.47. The van der Waals surface area contributed by atoms with Crippen LogP contribution in [0.3, 0.4) is 0 Å². The van der Waals surface area contributed by atoms with Crippen molar-refractivity contribution < 1.29 is 29.0 Å². The van der Waals surface area contributed by atoms with Gasteiger partial charge in [0.2, 0.25) is 5.91 Å². The van der Waals surface area contributed by atoms with Gasteiger partial charge in [-0.1, -0.05) is 36.4 Å². The van der Waals surface area contributed by atoms with Crippen molar-refractivity contribution in [3.05, 3.63) is 94.8 Å². The molecule has 0 aromatic heterocycles. The standard InChI is InChI=1S/C31H34FN3O5/c1-18-23(11-6-12-26(18)32)28-24(29(38)19-7-4-9-21(36)13-19)15-35(27(31(33)40)17-34(2)3)16-25(28)30(39)20-8-5-10-22(37)14-20/h4-14,24-25,27-28,36-37H,15-17H2,1-3H3,(H2,33,40)/t24-,25-,27?/m0/s1. The van der Waals surface area contributed by atoms with Crippen LogP contribution in [0.4, 0.5) is 4.39 Å². The van der Waals surface area contributed by atoms with E-state index in [2.05, 4.69) is 0 Å². The molecule has 0 aliphatic carbocycles. The third-order valence-corrected chi connectivity index (χ3v) is 7.64. The summed E-state index contributed by atoms with van der Waals surface area (Å²) < 4.78 is 14.9. The van der Waals surface area contributed by atoms with E-state index in [1.54, 1.807) is 67.2 Å². The number of benzene rings is 3. The molecule has 1 aliphatic heterocycles. The monoisotopic (exact) mass is 547 g/mol. The maximum absolute atomic E-state index is 14.9. The van der Waals surface area contributed by atoms with Crippen molar-refractivity contribution >= 4 is 17.5 Å². The first-order valence-electron chi connectivity index (χ1n) is 13.1. The van der Waals surface area contributed by atoms with Crippen LogP contribution in [0.2, 0.25) is 0 Å². The summed E-state index contributed by atoms with van der Waals surface area (Å²) in [6.07, 6.45) is 0. The second-order valence-corrected chi connectivity index (χ2v) is 10.7. The predicted molar refractivity (Wildman–Crippen MR) is 149 cm³/mol. The van der Waals surface area contributed by atoms with Gasteiger partial charge in [0.1, 0.15) is 23.4 Å². The summed E-state index contributed by atoms with van der Waals surface area (Å²) in [7, 11) is 3.59. The molecular weight excluding hydrogens is 513 g/mol. The Balaban J connectivity index is 1.92. The number of likely N-dealkylation sites (tertiary alicyclic amines) is 1. The molecule has 0 radical (unpaired) electrons. The fourth-order valence-corrected chi connectivity index (χ4v) is 5.73. The number of hydrogen-bond acceptors (Lipinski definition) is 7. The van der Waals surface area contributed by atoms with Crippen LogP contribution in [0.15, 0.2) is 66.7 Å². The number of carbonyl (C=O) groups is 3. The lowest BCUT2D eigenvalue weighted by molar-refractivity contribution is -0.125. The summed E-state index contributed by atoms with van der Waals surface area (Å²) in [6.45, 7) is 2.04. The van der Waals surface area contributed by atoms with Crippen molar-refractivity contribution in [2.24, 2.45) is 17.6 Å². The molecule has 40 heavy (non-hydrogen) atoms. The number of primary amides is 1. The number of Topliss-reactive ketones (excluding diaryl/α,β-unsaturated/α-hetero) is 2. The lowest BCUT2D eigenvalue weighted by Crippen LogP contribution is -2.59. The first-order valence-corrected chi connectivity index (χ1v) is 13.1. The molecule has 0 bridgehead atoms. The van der Waals surface area contributed by atoms with E-state index in [4.69, 9.17) is 5.73 Å². The van der Waals surface area contributed by atoms with Crippen LogP contribution < -0.4 is 5.73 Å². The predicted octanol–water partition coefficient (Wildman–Crippen LogP) is 3.36. The number of nitrogens with two attached hydrogens (primary N) is 1. The van der Waals surface area contributed by atoms with E-state index < -0.39 is 35.5 Å². The zero-order valence-corrected chi connectivity index (χ0v) is 22.8. The number of phenols is 2. The average Bonchev–Trinajstić information content (AvgIpc) is 2.91. The molecule has 4 N–H and O–H groups in total. The number of ketones is 2. The molecule has 0 spiro atoms. The minimum absolute atomic E-state index is 0.0837. The lowest BCUT2D eigenvalue weighted by atomic mass is 9.67. The molecule has 9 heteroatoms. The van der Waals surface area contributed by atoms with E-state index in [1.807, 2.05) is 0 Å². The molecule has 4 rings (SSSR count). The Labute approximate surface area is 232 Å². The molecule has 3 atom stereocenters. The van der Waals surface area contributed by atoms with E-state index >= 15 is 0 Å². The van der Waals surface area contributed by atoms with E-state index in [1.165, 1.54) is 30.3 Å². The molecule has 1 fully saturated rings. The molecule has 3 aromatic rings. The molecule has 0 saturated carbocycles. The largest absolute Gasteiger partial charge is 0.508 e. The van der Waals surface area contributed by atoms with E-state index in [-0.39, 0.29) is 53.8 Å². The number of hydrogen-bond donors (Lipinski definition) is 3. The number of nitrogens with zero attached hydrogens (tertiary/aromatic N) is 2. The maximum atomic E-state index is 14.9. The number of likely N-dealkylation sites (N-methyl/N-ethyl adjacent to an activating group) is 1. The van der Waals surface area contributed by atoms with Crippen LogP contribution >= 0.6 is 0 Å². The highest BCUT2D eigenvalue weighted by atomic mass is 19.1. The highest BCUT2D eigenvalue weighted by Crippen LogP contribution is 2.43. The third-order valence-electron chi connectivity index (χ3n) is 7.64. The number of amides is 1. The van der Waals surface area contributed by atoms with Crippen molar-refractivity contribution in [2.75, 3.05) is 33.7 Å². The van der Waals surface area contributed by atoms with E-state index in [0.717, 1.165) is 0 Å². The SMILES string of the molecule is Cc1c(F)cccc1C1[C@@H](C(=O)c2cccc(O)c2)CN(C(CN(C)C)C(N)=O)C[C@@H]1C(=O)c1cccc(O)c1. The fraction of sp³-hybridized carbons (Fsp3) is 0.323. The summed E-state index contributed by atoms with van der Waals surface area (Å²) in [5.41, 5.74) is 7.12. The third kappa shape index (κ3) is 6.05. The molecule has 1 aliphatic rings. The summed E-state index contributed by atoms with van der Waals surface area (Å²) >= 11 is 0. The van der Waals surface area contributed by atoms with Gasteiger partial charge in [-0.3, -0.25) is 19.3 Å². The van der Waals surface area contributed by atoms with Crippen molar-refractivity contribution in [1.82, 2.24) is 9.80 Å². The second-order valence-electron chi connectivity index (χ2n) is 10.7. The summed E-state index contributed by atoms with van der Waals surface area (Å²) in [5.74, 6) is -4.47.